The van der Waals surface area contributed by atoms with Gasteiger partial charge >= 0.3 is 5.97 Å². The number of phenols is 1. The Hall–Kier alpha value is -5.78. The summed E-state index contributed by atoms with van der Waals surface area (Å²) in [5.41, 5.74) is 2.57. The zero-order chi connectivity index (χ0) is 31.6. The fraction of sp³-hybridized carbons (Fsp3) is 0.0294. The number of aromatic hydroxyl groups is 1. The molecule has 0 saturated heterocycles. The van der Waals surface area contributed by atoms with Crippen LogP contribution in [-0.2, 0) is 16.5 Å². The fourth-order valence-corrected chi connectivity index (χ4v) is 5.70. The topological polar surface area (TPSA) is 161 Å². The molecule has 0 radical (unpaired) electrons. The SMILES string of the molecule is O=C(O)c1cc(N=Nc2ccc(N=Nc3c(S(=O)(=O)O)cc4ccccc4c3O)c3ccccc23)ccc1Cc1ccccc1. The minimum atomic E-state index is -4.74. The predicted octanol–water partition coefficient (Wildman–Crippen LogP) is 9.07. The third-order valence-corrected chi connectivity index (χ3v) is 8.08. The normalized spacial score (nSPS) is 12.0. The van der Waals surface area contributed by atoms with Gasteiger partial charge in [0.2, 0.25) is 0 Å². The van der Waals surface area contributed by atoms with Gasteiger partial charge in [-0.2, -0.15) is 13.5 Å². The van der Waals surface area contributed by atoms with Crippen molar-refractivity contribution < 1.29 is 28.0 Å². The lowest BCUT2D eigenvalue weighted by molar-refractivity contribution is 0.0696. The first-order chi connectivity index (χ1) is 21.7. The summed E-state index contributed by atoms with van der Waals surface area (Å²) in [6.07, 6.45) is 0.462. The third kappa shape index (κ3) is 6.16. The molecule has 6 aromatic rings. The molecule has 11 heteroatoms. The van der Waals surface area contributed by atoms with Gasteiger partial charge in [0.25, 0.3) is 10.1 Å². The van der Waals surface area contributed by atoms with E-state index in [1.807, 2.05) is 30.3 Å². The number of carbonyl (C=O) groups is 1. The molecule has 0 saturated carbocycles. The van der Waals surface area contributed by atoms with Crippen LogP contribution in [0.1, 0.15) is 21.5 Å². The van der Waals surface area contributed by atoms with Crippen molar-refractivity contribution in [2.45, 2.75) is 11.3 Å². The molecule has 0 aliphatic heterocycles. The zero-order valence-electron chi connectivity index (χ0n) is 23.4. The van der Waals surface area contributed by atoms with E-state index >= 15 is 0 Å². The van der Waals surface area contributed by atoms with Gasteiger partial charge < -0.3 is 10.2 Å². The van der Waals surface area contributed by atoms with Crippen molar-refractivity contribution in [1.82, 2.24) is 0 Å². The van der Waals surface area contributed by atoms with Crippen LogP contribution in [-0.4, -0.2) is 29.2 Å². The maximum absolute atomic E-state index is 12.2. The van der Waals surface area contributed by atoms with Crippen LogP contribution < -0.4 is 0 Å². The number of fused-ring (bicyclic) bond motifs is 2. The molecule has 222 valence electrons. The van der Waals surface area contributed by atoms with Crippen molar-refractivity contribution >= 4 is 60.4 Å². The number of phenolic OH excluding ortho intramolecular Hbond substituents is 1. The van der Waals surface area contributed by atoms with Crippen molar-refractivity contribution in [3.05, 3.63) is 132 Å². The Morgan fingerprint density at radius 2 is 1.27 bits per heavy atom. The van der Waals surface area contributed by atoms with Gasteiger partial charge in [0.1, 0.15) is 10.6 Å². The van der Waals surface area contributed by atoms with Crippen LogP contribution in [0.3, 0.4) is 0 Å². The number of carboxylic acids is 1. The van der Waals surface area contributed by atoms with Crippen molar-refractivity contribution in [3.63, 3.8) is 0 Å². The van der Waals surface area contributed by atoms with Crippen LogP contribution in [0.15, 0.2) is 141 Å². The quantitative estimate of drug-likeness (QED) is 0.114. The summed E-state index contributed by atoms with van der Waals surface area (Å²) in [5, 5.41) is 39.7. The predicted molar refractivity (Wildman–Crippen MR) is 170 cm³/mol. The van der Waals surface area contributed by atoms with Crippen LogP contribution >= 0.6 is 0 Å². The molecule has 0 fully saturated rings. The zero-order valence-corrected chi connectivity index (χ0v) is 24.3. The van der Waals surface area contributed by atoms with Gasteiger partial charge in [0, 0.05) is 16.2 Å². The molecule has 0 heterocycles. The van der Waals surface area contributed by atoms with Gasteiger partial charge in [0.05, 0.1) is 22.6 Å². The van der Waals surface area contributed by atoms with Crippen LogP contribution in [0.2, 0.25) is 0 Å². The second-order valence-corrected chi connectivity index (χ2v) is 11.5. The van der Waals surface area contributed by atoms with E-state index in [4.69, 9.17) is 0 Å². The van der Waals surface area contributed by atoms with Crippen LogP contribution in [0.4, 0.5) is 22.7 Å². The van der Waals surface area contributed by atoms with E-state index < -0.39 is 32.4 Å². The smallest absolute Gasteiger partial charge is 0.336 e. The Kier molecular flexibility index (Phi) is 7.86. The van der Waals surface area contributed by atoms with Crippen LogP contribution in [0, 0.1) is 0 Å². The third-order valence-electron chi connectivity index (χ3n) is 7.21. The molecular formula is C34H24N4O6S. The van der Waals surface area contributed by atoms with E-state index in [1.165, 1.54) is 12.1 Å². The maximum atomic E-state index is 12.2. The highest BCUT2D eigenvalue weighted by Gasteiger charge is 2.22. The van der Waals surface area contributed by atoms with Crippen molar-refractivity contribution in [3.8, 4) is 5.75 Å². The number of benzene rings is 6. The molecule has 0 amide bonds. The standard InChI is InChI=1S/C34H24N4O6S/c39-33-25-11-5-4-10-22(25)19-31(45(42,43)44)32(33)38-37-30-17-16-29(26-12-6-7-13-27(26)30)36-35-24-15-14-23(28(20-24)34(40)41)18-21-8-2-1-3-9-21/h1-17,19-20,39H,18H2,(H,40,41)(H,42,43,44). The molecule has 0 aromatic heterocycles. The number of carboxylic acid groups (broad SMARTS) is 1. The lowest BCUT2D eigenvalue weighted by atomic mass is 9.99. The highest BCUT2D eigenvalue weighted by Crippen LogP contribution is 2.42. The van der Waals surface area contributed by atoms with Crippen LogP contribution in [0.5, 0.6) is 5.75 Å². The number of aromatic carboxylic acids is 1. The van der Waals surface area contributed by atoms with E-state index in [-0.39, 0.29) is 5.56 Å². The van der Waals surface area contributed by atoms with Crippen molar-refractivity contribution in [1.29, 1.82) is 0 Å². The van der Waals surface area contributed by atoms with Gasteiger partial charge in [-0.3, -0.25) is 4.55 Å². The minimum Gasteiger partial charge on any atom is -0.505 e. The summed E-state index contributed by atoms with van der Waals surface area (Å²) >= 11 is 0. The highest BCUT2D eigenvalue weighted by atomic mass is 32.2. The fourth-order valence-electron chi connectivity index (χ4n) is 5.04. The maximum Gasteiger partial charge on any atom is 0.336 e. The molecule has 3 N–H and O–H groups in total. The number of rotatable bonds is 8. The number of azo groups is 2. The highest BCUT2D eigenvalue weighted by molar-refractivity contribution is 7.86. The van der Waals surface area contributed by atoms with E-state index in [0.717, 1.165) is 5.56 Å². The van der Waals surface area contributed by atoms with Gasteiger partial charge in [0.15, 0.2) is 5.75 Å². The second-order valence-electron chi connectivity index (χ2n) is 10.1. The van der Waals surface area contributed by atoms with Gasteiger partial charge in [-0.15, -0.1) is 15.3 Å². The summed E-state index contributed by atoms with van der Waals surface area (Å²) in [6.45, 7) is 0. The van der Waals surface area contributed by atoms with E-state index in [2.05, 4.69) is 20.5 Å². The molecule has 0 aliphatic carbocycles. The Balaban J connectivity index is 1.35. The van der Waals surface area contributed by atoms with Gasteiger partial charge in [-0.05, 0) is 53.3 Å². The van der Waals surface area contributed by atoms with Gasteiger partial charge in [-0.1, -0.05) is 84.9 Å². The number of hydrogen-bond donors (Lipinski definition) is 3. The Labute approximate surface area is 257 Å². The molecule has 45 heavy (non-hydrogen) atoms. The first-order valence-electron chi connectivity index (χ1n) is 13.7. The van der Waals surface area contributed by atoms with E-state index in [9.17, 15) is 28.0 Å². The number of nitrogens with zero attached hydrogens (tertiary/aromatic N) is 4. The molecule has 0 aliphatic rings. The Bertz CT molecular complexity index is 2270. The van der Waals surface area contributed by atoms with E-state index in [0.29, 0.717) is 50.6 Å². The summed E-state index contributed by atoms with van der Waals surface area (Å²) in [4.78, 5) is 11.4. The summed E-state index contributed by atoms with van der Waals surface area (Å²) in [7, 11) is -4.74. The van der Waals surface area contributed by atoms with Crippen molar-refractivity contribution in [2.75, 3.05) is 0 Å². The Morgan fingerprint density at radius 3 is 1.91 bits per heavy atom. The summed E-state index contributed by atoms with van der Waals surface area (Å²) in [5.74, 6) is -1.50. The van der Waals surface area contributed by atoms with Crippen molar-refractivity contribution in [2.24, 2.45) is 20.5 Å². The largest absolute Gasteiger partial charge is 0.505 e. The molecule has 0 unspecified atom stereocenters. The first-order valence-corrected chi connectivity index (χ1v) is 15.1. The average molecular weight is 617 g/mol. The summed E-state index contributed by atoms with van der Waals surface area (Å²) in [6, 6.07) is 32.7. The lowest BCUT2D eigenvalue weighted by Crippen LogP contribution is -2.02. The average Bonchev–Trinajstić information content (AvgIpc) is 3.04. The first kappa shape index (κ1) is 29.3. The monoisotopic (exact) mass is 616 g/mol. The second kappa shape index (κ2) is 12.1. The molecule has 0 spiro atoms. The Morgan fingerprint density at radius 1 is 0.667 bits per heavy atom. The molecular weight excluding hydrogens is 592 g/mol. The minimum absolute atomic E-state index is 0.136. The van der Waals surface area contributed by atoms with E-state index in [1.54, 1.807) is 72.8 Å². The molecule has 6 rings (SSSR count). The number of hydrogen-bond acceptors (Lipinski definition) is 8. The van der Waals surface area contributed by atoms with Crippen LogP contribution in [0.25, 0.3) is 21.5 Å². The molecule has 10 nitrogen and oxygen atoms in total. The lowest BCUT2D eigenvalue weighted by Gasteiger charge is -2.09. The molecule has 6 aromatic carbocycles. The summed E-state index contributed by atoms with van der Waals surface area (Å²) < 4.78 is 34.2. The molecule has 0 bridgehead atoms. The van der Waals surface area contributed by atoms with Gasteiger partial charge in [-0.25, -0.2) is 4.79 Å². The molecule has 0 atom stereocenters.